The van der Waals surface area contributed by atoms with Gasteiger partial charge in [0, 0.05) is 30.9 Å². The Bertz CT molecular complexity index is 965. The highest BCUT2D eigenvalue weighted by atomic mass is 35.5. The summed E-state index contributed by atoms with van der Waals surface area (Å²) < 4.78 is 11.6. The second-order valence-electron chi connectivity index (χ2n) is 7.35. The summed E-state index contributed by atoms with van der Waals surface area (Å²) in [5, 5.41) is 11.8. The highest BCUT2D eigenvalue weighted by Gasteiger charge is 2.26. The zero-order valence-corrected chi connectivity index (χ0v) is 17.7. The lowest BCUT2D eigenvalue weighted by Crippen LogP contribution is -2.17. The number of nitrogens with zero attached hydrogens (tertiary/aromatic N) is 4. The van der Waals surface area contributed by atoms with Crippen LogP contribution >= 0.6 is 23.4 Å². The zero-order valence-electron chi connectivity index (χ0n) is 16.1. The minimum atomic E-state index is -1.01. The molecule has 9 heteroatoms. The number of halogens is 1. The first-order valence-electron chi connectivity index (χ1n) is 9.33. The number of pyridine rings is 1. The van der Waals surface area contributed by atoms with Crippen LogP contribution in [0.15, 0.2) is 45.4 Å². The molecule has 0 atom stereocenters. The summed E-state index contributed by atoms with van der Waals surface area (Å²) in [7, 11) is 0. The van der Waals surface area contributed by atoms with Crippen LogP contribution in [0.2, 0.25) is 5.02 Å². The van der Waals surface area contributed by atoms with E-state index in [-0.39, 0.29) is 5.92 Å². The molecule has 0 aromatic carbocycles. The van der Waals surface area contributed by atoms with E-state index in [0.717, 1.165) is 18.4 Å². The van der Waals surface area contributed by atoms with Crippen molar-refractivity contribution in [3.8, 4) is 11.3 Å². The fraction of sp³-hybridized carbons (Fsp3) is 0.400. The molecule has 0 bridgehead atoms. The molecule has 4 heterocycles. The molecule has 1 aliphatic rings. The Labute approximate surface area is 177 Å². The summed E-state index contributed by atoms with van der Waals surface area (Å²) in [5.41, 5.74) is 1.07. The highest BCUT2D eigenvalue weighted by Crippen LogP contribution is 2.38. The molecule has 4 rings (SSSR count). The summed E-state index contributed by atoms with van der Waals surface area (Å²) in [6.07, 6.45) is 6.54. The lowest BCUT2D eigenvalue weighted by Gasteiger charge is -2.18. The summed E-state index contributed by atoms with van der Waals surface area (Å²) >= 11 is 7.18. The monoisotopic (exact) mass is 432 g/mol. The Balaban J connectivity index is 1.69. The Morgan fingerprint density at radius 1 is 1.10 bits per heavy atom. The molecule has 1 N–H and O–H groups in total. The van der Waals surface area contributed by atoms with Gasteiger partial charge in [-0.2, -0.15) is 0 Å². The van der Waals surface area contributed by atoms with E-state index in [1.807, 2.05) is 6.07 Å². The van der Waals surface area contributed by atoms with Gasteiger partial charge in [-0.3, -0.25) is 4.98 Å². The van der Waals surface area contributed by atoms with E-state index in [4.69, 9.17) is 25.7 Å². The lowest BCUT2D eigenvalue weighted by molar-refractivity contribution is 0.0739. The molecule has 1 fully saturated rings. The smallest absolute Gasteiger partial charge is 0.199 e. The van der Waals surface area contributed by atoms with Crippen molar-refractivity contribution in [3.63, 3.8) is 0 Å². The predicted octanol–water partition coefficient (Wildman–Crippen LogP) is 4.45. The molecule has 1 saturated heterocycles. The molecule has 7 nitrogen and oxygen atoms in total. The zero-order chi connectivity index (χ0) is 20.4. The number of aliphatic hydroxyl groups is 1. The molecule has 0 spiro atoms. The van der Waals surface area contributed by atoms with Crippen LogP contribution in [-0.4, -0.2) is 38.3 Å². The Morgan fingerprint density at radius 2 is 1.83 bits per heavy atom. The number of ether oxygens (including phenoxy) is 1. The number of rotatable bonds is 5. The lowest BCUT2D eigenvalue weighted by atomic mass is 10.0. The molecule has 3 aromatic heterocycles. The fourth-order valence-electron chi connectivity index (χ4n) is 3.02. The van der Waals surface area contributed by atoms with Crippen LogP contribution in [-0.2, 0) is 10.3 Å². The molecule has 29 heavy (non-hydrogen) atoms. The topological polar surface area (TPSA) is 94.2 Å². The molecule has 3 aromatic rings. The molecule has 152 valence electrons. The van der Waals surface area contributed by atoms with Crippen molar-refractivity contribution in [2.24, 2.45) is 0 Å². The van der Waals surface area contributed by atoms with Gasteiger partial charge in [0.15, 0.2) is 16.1 Å². The summed E-state index contributed by atoms with van der Waals surface area (Å²) in [6, 6.07) is 3.68. The van der Waals surface area contributed by atoms with Crippen molar-refractivity contribution in [1.29, 1.82) is 0 Å². The molecule has 0 radical (unpaired) electrons. The van der Waals surface area contributed by atoms with Gasteiger partial charge < -0.3 is 14.3 Å². The van der Waals surface area contributed by atoms with Gasteiger partial charge in [-0.1, -0.05) is 11.6 Å². The third-order valence-electron chi connectivity index (χ3n) is 4.63. The Hall–Kier alpha value is -2.00. The van der Waals surface area contributed by atoms with Crippen molar-refractivity contribution >= 4 is 23.4 Å². The van der Waals surface area contributed by atoms with Gasteiger partial charge in [-0.25, -0.2) is 15.0 Å². The largest absolute Gasteiger partial charge is 0.433 e. The van der Waals surface area contributed by atoms with E-state index >= 15 is 0 Å². The summed E-state index contributed by atoms with van der Waals surface area (Å²) in [6.45, 7) is 4.81. The highest BCUT2D eigenvalue weighted by molar-refractivity contribution is 7.99. The Morgan fingerprint density at radius 3 is 2.45 bits per heavy atom. The third kappa shape index (κ3) is 4.78. The molecular weight excluding hydrogens is 412 g/mol. The quantitative estimate of drug-likeness (QED) is 0.591. The van der Waals surface area contributed by atoms with E-state index < -0.39 is 5.60 Å². The maximum absolute atomic E-state index is 10.2. The van der Waals surface area contributed by atoms with Gasteiger partial charge in [0.2, 0.25) is 0 Å². The number of hydrogen-bond donors (Lipinski definition) is 1. The molecule has 0 saturated carbocycles. The maximum Gasteiger partial charge on any atom is 0.199 e. The standard InChI is InChI=1S/C20H21ClN4O3S/c1-20(2,26)15-4-3-13(9-22-15)16-18(29-19-23-10-14(21)11-24-19)28-17(25-16)12-5-7-27-8-6-12/h3-4,9-12,26H,5-8H2,1-2H3. The normalized spacial score (nSPS) is 15.6. The van der Waals surface area contributed by atoms with Gasteiger partial charge in [0.25, 0.3) is 0 Å². The van der Waals surface area contributed by atoms with Gasteiger partial charge in [0.1, 0.15) is 11.3 Å². The number of aromatic nitrogens is 4. The first-order chi connectivity index (χ1) is 13.9. The van der Waals surface area contributed by atoms with Crippen molar-refractivity contribution in [3.05, 3.63) is 47.3 Å². The average molecular weight is 433 g/mol. The van der Waals surface area contributed by atoms with Crippen LogP contribution in [0.25, 0.3) is 11.3 Å². The van der Waals surface area contributed by atoms with Crippen LogP contribution < -0.4 is 0 Å². The SMILES string of the molecule is CC(C)(O)c1ccc(-c2nc(C3CCOCC3)oc2Sc2ncc(Cl)cn2)cn1. The first kappa shape index (κ1) is 20.3. The van der Waals surface area contributed by atoms with Gasteiger partial charge >= 0.3 is 0 Å². The van der Waals surface area contributed by atoms with E-state index in [1.165, 1.54) is 11.8 Å². The van der Waals surface area contributed by atoms with Gasteiger partial charge in [-0.15, -0.1) is 0 Å². The van der Waals surface area contributed by atoms with E-state index in [1.54, 1.807) is 38.5 Å². The van der Waals surface area contributed by atoms with Crippen molar-refractivity contribution in [1.82, 2.24) is 19.9 Å². The van der Waals surface area contributed by atoms with Gasteiger partial charge in [0.05, 0.1) is 23.1 Å². The van der Waals surface area contributed by atoms with Crippen LogP contribution in [0.1, 0.15) is 44.2 Å². The number of oxazole rings is 1. The predicted molar refractivity (Wildman–Crippen MR) is 109 cm³/mol. The van der Waals surface area contributed by atoms with Crippen molar-refractivity contribution in [2.75, 3.05) is 13.2 Å². The number of hydrogen-bond acceptors (Lipinski definition) is 8. The van der Waals surface area contributed by atoms with Crippen LogP contribution in [0, 0.1) is 0 Å². The molecule has 0 unspecified atom stereocenters. The van der Waals surface area contributed by atoms with Crippen LogP contribution in [0.5, 0.6) is 0 Å². The third-order valence-corrected chi connectivity index (χ3v) is 5.68. The minimum absolute atomic E-state index is 0.214. The van der Waals surface area contributed by atoms with Crippen LogP contribution in [0.4, 0.5) is 0 Å². The molecule has 0 amide bonds. The second-order valence-corrected chi connectivity index (χ2v) is 8.73. The first-order valence-corrected chi connectivity index (χ1v) is 10.5. The summed E-state index contributed by atoms with van der Waals surface area (Å²) in [4.78, 5) is 17.7. The fourth-order valence-corrected chi connectivity index (χ4v) is 3.89. The second kappa shape index (κ2) is 8.39. The molecule has 1 aliphatic heterocycles. The summed E-state index contributed by atoms with van der Waals surface area (Å²) in [5.74, 6) is 0.901. The van der Waals surface area contributed by atoms with Crippen molar-refractivity contribution in [2.45, 2.75) is 48.5 Å². The van der Waals surface area contributed by atoms with Crippen molar-refractivity contribution < 1.29 is 14.3 Å². The molecular formula is C20H21ClN4O3S. The van der Waals surface area contributed by atoms with E-state index in [9.17, 15) is 5.11 Å². The van der Waals surface area contributed by atoms with Gasteiger partial charge in [-0.05, 0) is 50.6 Å². The van der Waals surface area contributed by atoms with Crippen LogP contribution in [0.3, 0.4) is 0 Å². The van der Waals surface area contributed by atoms with E-state index in [2.05, 4.69) is 15.0 Å². The Kier molecular flexibility index (Phi) is 5.87. The maximum atomic E-state index is 10.2. The minimum Gasteiger partial charge on any atom is -0.433 e. The average Bonchev–Trinajstić information content (AvgIpc) is 3.14. The molecule has 0 aliphatic carbocycles. The van der Waals surface area contributed by atoms with E-state index in [0.29, 0.717) is 45.8 Å².